The number of esters is 1. The number of aromatic amines is 1. The molecule has 5 heteroatoms. The largest absolute Gasteiger partial charge is 0.465 e. The van der Waals surface area contributed by atoms with Gasteiger partial charge in [-0.2, -0.15) is 0 Å². The van der Waals surface area contributed by atoms with E-state index in [4.69, 9.17) is 16.3 Å². The normalized spacial score (nSPS) is 15.8. The first-order valence-electron chi connectivity index (χ1n) is 8.24. The van der Waals surface area contributed by atoms with E-state index in [-0.39, 0.29) is 5.97 Å². The fourth-order valence-electron chi connectivity index (χ4n) is 3.40. The number of hydrogen-bond acceptors (Lipinski definition) is 3. The molecule has 0 saturated heterocycles. The highest BCUT2D eigenvalue weighted by Crippen LogP contribution is 2.42. The summed E-state index contributed by atoms with van der Waals surface area (Å²) in [5, 5.41) is 11.8. The molecule has 25 heavy (non-hydrogen) atoms. The maximum Gasteiger partial charge on any atom is 0.340 e. The highest BCUT2D eigenvalue weighted by atomic mass is 35.5. The molecule has 1 saturated carbocycles. The predicted molar refractivity (Wildman–Crippen MR) is 97.8 cm³/mol. The van der Waals surface area contributed by atoms with Crippen molar-refractivity contribution in [2.75, 3.05) is 7.11 Å². The second-order valence-corrected chi connectivity index (χ2v) is 6.94. The maximum atomic E-state index is 11.9. The Balaban J connectivity index is 1.77. The smallest absolute Gasteiger partial charge is 0.340 e. The number of aromatic nitrogens is 1. The van der Waals surface area contributed by atoms with Gasteiger partial charge in [0.15, 0.2) is 0 Å². The van der Waals surface area contributed by atoms with E-state index >= 15 is 0 Å². The quantitative estimate of drug-likeness (QED) is 0.672. The van der Waals surface area contributed by atoms with Crippen molar-refractivity contribution in [1.29, 1.82) is 0 Å². The molecule has 1 aliphatic rings. The van der Waals surface area contributed by atoms with Crippen LogP contribution in [0.3, 0.4) is 0 Å². The number of H-pyrrole nitrogens is 1. The van der Waals surface area contributed by atoms with Gasteiger partial charge in [-0.1, -0.05) is 35.9 Å². The van der Waals surface area contributed by atoms with E-state index in [1.54, 1.807) is 6.20 Å². The number of rotatable bonds is 3. The van der Waals surface area contributed by atoms with Crippen molar-refractivity contribution in [3.05, 3.63) is 58.7 Å². The van der Waals surface area contributed by atoms with Gasteiger partial charge in [0.1, 0.15) is 0 Å². The molecule has 0 atom stereocenters. The molecule has 0 aliphatic heterocycles. The highest BCUT2D eigenvalue weighted by molar-refractivity contribution is 6.34. The van der Waals surface area contributed by atoms with E-state index in [2.05, 4.69) is 4.98 Å². The number of carbonyl (C=O) groups excluding carboxylic acids is 1. The summed E-state index contributed by atoms with van der Waals surface area (Å²) >= 11 is 6.44. The summed E-state index contributed by atoms with van der Waals surface area (Å²) in [4.78, 5) is 15.0. The molecule has 1 aromatic heterocycles. The summed E-state index contributed by atoms with van der Waals surface area (Å²) in [6, 6.07) is 11.5. The van der Waals surface area contributed by atoms with Crippen LogP contribution in [0, 0.1) is 0 Å². The number of hydrogen-bond donors (Lipinski definition) is 2. The predicted octanol–water partition coefficient (Wildman–Crippen LogP) is 4.65. The Morgan fingerprint density at radius 1 is 1.24 bits per heavy atom. The topological polar surface area (TPSA) is 62.3 Å². The molecule has 4 nitrogen and oxygen atoms in total. The van der Waals surface area contributed by atoms with Crippen molar-refractivity contribution in [3.63, 3.8) is 0 Å². The lowest BCUT2D eigenvalue weighted by atomic mass is 9.75. The number of aliphatic hydroxyl groups is 1. The van der Waals surface area contributed by atoms with Crippen molar-refractivity contribution in [3.8, 4) is 11.1 Å². The number of carbonyl (C=O) groups is 1. The number of fused-ring (bicyclic) bond motifs is 1. The molecule has 2 aromatic carbocycles. The van der Waals surface area contributed by atoms with Crippen LogP contribution in [-0.2, 0) is 10.3 Å². The lowest BCUT2D eigenvalue weighted by Crippen LogP contribution is -2.33. The SMILES string of the molecule is COC(=O)c1c[nH]c2cc(Cl)c(-c3ccc(C4(O)CCC4)cc3)cc12. The second-order valence-electron chi connectivity index (χ2n) is 6.53. The molecule has 0 amide bonds. The minimum absolute atomic E-state index is 0.387. The third-order valence-corrected chi connectivity index (χ3v) is 5.40. The lowest BCUT2D eigenvalue weighted by Gasteiger charge is -2.37. The summed E-state index contributed by atoms with van der Waals surface area (Å²) in [7, 11) is 1.36. The van der Waals surface area contributed by atoms with E-state index in [0.717, 1.165) is 46.9 Å². The third kappa shape index (κ3) is 2.62. The number of benzene rings is 2. The first-order valence-corrected chi connectivity index (χ1v) is 8.62. The van der Waals surface area contributed by atoms with Gasteiger partial charge < -0.3 is 14.8 Å². The van der Waals surface area contributed by atoms with E-state index in [1.807, 2.05) is 36.4 Å². The van der Waals surface area contributed by atoms with Crippen LogP contribution >= 0.6 is 11.6 Å². The fraction of sp³-hybridized carbons (Fsp3) is 0.250. The van der Waals surface area contributed by atoms with Gasteiger partial charge in [0.2, 0.25) is 0 Å². The first kappa shape index (κ1) is 16.2. The molecular formula is C20H18ClNO3. The van der Waals surface area contributed by atoms with Gasteiger partial charge in [-0.15, -0.1) is 0 Å². The molecule has 0 unspecified atom stereocenters. The van der Waals surface area contributed by atoms with Crippen LogP contribution in [0.15, 0.2) is 42.6 Å². The van der Waals surface area contributed by atoms with E-state index < -0.39 is 5.60 Å². The zero-order valence-electron chi connectivity index (χ0n) is 13.8. The number of nitrogens with one attached hydrogen (secondary N) is 1. The Hall–Kier alpha value is -2.30. The van der Waals surface area contributed by atoms with E-state index in [0.29, 0.717) is 10.6 Å². The van der Waals surface area contributed by atoms with Crippen LogP contribution in [0.25, 0.3) is 22.0 Å². The van der Waals surface area contributed by atoms with Crippen LogP contribution in [-0.4, -0.2) is 23.2 Å². The van der Waals surface area contributed by atoms with Gasteiger partial charge in [0.25, 0.3) is 0 Å². The van der Waals surface area contributed by atoms with Crippen molar-refractivity contribution < 1.29 is 14.6 Å². The Labute approximate surface area is 150 Å². The average molecular weight is 356 g/mol. The maximum absolute atomic E-state index is 11.9. The van der Waals surface area contributed by atoms with Crippen molar-refractivity contribution in [2.24, 2.45) is 0 Å². The lowest BCUT2D eigenvalue weighted by molar-refractivity contribution is -0.0387. The molecule has 0 spiro atoms. The molecule has 0 radical (unpaired) electrons. The molecule has 0 bridgehead atoms. The number of ether oxygens (including phenoxy) is 1. The van der Waals surface area contributed by atoms with E-state index in [9.17, 15) is 9.90 Å². The van der Waals surface area contributed by atoms with Crippen molar-refractivity contribution in [1.82, 2.24) is 4.98 Å². The number of halogens is 1. The van der Waals surface area contributed by atoms with E-state index in [1.165, 1.54) is 7.11 Å². The van der Waals surface area contributed by atoms with Gasteiger partial charge >= 0.3 is 5.97 Å². The molecule has 1 heterocycles. The Morgan fingerprint density at radius 3 is 2.56 bits per heavy atom. The van der Waals surface area contributed by atoms with Gasteiger partial charge in [-0.25, -0.2) is 4.79 Å². The van der Waals surface area contributed by atoms with Gasteiger partial charge in [0, 0.05) is 22.7 Å². The van der Waals surface area contributed by atoms with Crippen LogP contribution in [0.2, 0.25) is 5.02 Å². The molecule has 1 fully saturated rings. The Kier molecular flexibility index (Phi) is 3.82. The molecule has 4 rings (SSSR count). The van der Waals surface area contributed by atoms with Crippen molar-refractivity contribution in [2.45, 2.75) is 24.9 Å². The Morgan fingerprint density at radius 2 is 1.96 bits per heavy atom. The molecular weight excluding hydrogens is 338 g/mol. The minimum Gasteiger partial charge on any atom is -0.465 e. The van der Waals surface area contributed by atoms with Gasteiger partial charge in [0.05, 0.1) is 23.3 Å². The van der Waals surface area contributed by atoms with Gasteiger partial charge in [-0.3, -0.25) is 0 Å². The van der Waals surface area contributed by atoms with Gasteiger partial charge in [-0.05, 0) is 42.5 Å². The summed E-state index contributed by atoms with van der Waals surface area (Å²) in [5.41, 5.74) is 3.31. The summed E-state index contributed by atoms with van der Waals surface area (Å²) in [5.74, 6) is -0.387. The summed E-state index contributed by atoms with van der Waals surface area (Å²) in [6.07, 6.45) is 4.31. The Bertz CT molecular complexity index is 955. The van der Waals surface area contributed by atoms with Crippen LogP contribution < -0.4 is 0 Å². The fourth-order valence-corrected chi connectivity index (χ4v) is 3.68. The summed E-state index contributed by atoms with van der Waals surface area (Å²) in [6.45, 7) is 0. The monoisotopic (exact) mass is 355 g/mol. The second kappa shape index (κ2) is 5.90. The molecule has 3 aromatic rings. The molecule has 1 aliphatic carbocycles. The zero-order chi connectivity index (χ0) is 17.6. The highest BCUT2D eigenvalue weighted by Gasteiger charge is 2.35. The standard InChI is InChI=1S/C20H18ClNO3/c1-25-19(23)16-11-22-18-10-17(21)14(9-15(16)18)12-3-5-13(6-4-12)20(24)7-2-8-20/h3-6,9-11,22,24H,2,7-8H2,1H3. The van der Waals surface area contributed by atoms with Crippen LogP contribution in [0.1, 0.15) is 35.2 Å². The third-order valence-electron chi connectivity index (χ3n) is 5.09. The minimum atomic E-state index is -0.676. The number of methoxy groups -OCH3 is 1. The summed E-state index contributed by atoms with van der Waals surface area (Å²) < 4.78 is 4.83. The molecule has 2 N–H and O–H groups in total. The zero-order valence-corrected chi connectivity index (χ0v) is 14.6. The van der Waals surface area contributed by atoms with Crippen molar-refractivity contribution >= 4 is 28.5 Å². The first-order chi connectivity index (χ1) is 12.0. The molecule has 128 valence electrons. The van der Waals surface area contributed by atoms with Crippen LogP contribution in [0.4, 0.5) is 0 Å². The average Bonchev–Trinajstić information content (AvgIpc) is 3.01. The van der Waals surface area contributed by atoms with Crippen LogP contribution in [0.5, 0.6) is 0 Å².